The van der Waals surface area contributed by atoms with Crippen molar-refractivity contribution < 1.29 is 4.74 Å². The maximum absolute atomic E-state index is 12.1. The summed E-state index contributed by atoms with van der Waals surface area (Å²) in [4.78, 5) is 0. The molecule has 2 aliphatic rings. The first-order valence-corrected chi connectivity index (χ1v) is 51.5. The molecular weight excluding hydrogens is 1670 g/mol. The van der Waals surface area contributed by atoms with Gasteiger partial charge in [-0.1, -0.05) is 643 Å². The molecule has 0 bridgehead atoms. The number of hydrogen-bond donors (Lipinski definition) is 0. The summed E-state index contributed by atoms with van der Waals surface area (Å²) in [7, 11) is 0. The van der Waals surface area contributed by atoms with E-state index in [0.29, 0.717) is 0 Å². The van der Waals surface area contributed by atoms with E-state index in [9.17, 15) is 4.74 Å². The Hall–Kier alpha value is -11.5. The summed E-state index contributed by atoms with van der Waals surface area (Å²) in [5.74, 6) is 0. The lowest BCUT2D eigenvalue weighted by Crippen LogP contribution is -2.93. The SMILES string of the molecule is CC(C)(c1ccccc1)C1(OC2(C(C)(C)c3ccccc3)C=CC(C(C)(C)c3ccccc3)(C(C)(C)c3ccccc3)C(C(C)(C)c3ccccc3)(C(C)(C)c3ccccc3)C2(C(C)(C)c2ccccc2)C(C)(C)c2ccccc2)C=CC(C(C)(C)c2ccccc2)(C(C)(C)c2ccccc2)C(C(C)(C)c2ccccc2)(C(C)(C)c2ccccc2)C1(C(C)(C)c1ccccc1)C(C)(C)c1ccccc1. The number of benzene rings is 14. The van der Waals surface area contributed by atoms with Crippen molar-refractivity contribution in [3.8, 4) is 0 Å². The molecule has 2 unspecified atom stereocenters. The summed E-state index contributed by atoms with van der Waals surface area (Å²) in [6, 6.07) is 168. The van der Waals surface area contributed by atoms with E-state index in [4.69, 9.17) is 0 Å². The van der Waals surface area contributed by atoms with Gasteiger partial charge in [-0.05, 0) is 121 Å². The molecule has 0 aromatic heterocycles. The third-order valence-electron chi connectivity index (χ3n) is 39.1. The zero-order valence-corrected chi connectivity index (χ0v) is 89.1. The Kier molecular flexibility index (Phi) is 25.5. The van der Waals surface area contributed by atoms with Crippen LogP contribution in [0.5, 0.6) is 0 Å². The summed E-state index contributed by atoms with van der Waals surface area (Å²) >= 11 is 0. The van der Waals surface area contributed by atoms with Gasteiger partial charge in [0.05, 0.1) is 0 Å². The fourth-order valence-corrected chi connectivity index (χ4v) is 34.2. The highest BCUT2D eigenvalue weighted by atomic mass is 16.5. The third kappa shape index (κ3) is 13.3. The van der Waals surface area contributed by atoms with Crippen LogP contribution in [-0.2, 0) is 80.5 Å². The average Bonchev–Trinajstić information content (AvgIpc) is 0.597. The predicted molar refractivity (Wildman–Crippen MR) is 592 cm³/mol. The van der Waals surface area contributed by atoms with Gasteiger partial charge in [-0.2, -0.15) is 0 Å². The van der Waals surface area contributed by atoms with Crippen LogP contribution in [0.1, 0.15) is 272 Å². The number of hydrogen-bond acceptors (Lipinski definition) is 1. The van der Waals surface area contributed by atoms with Crippen molar-refractivity contribution in [2.24, 2.45) is 32.5 Å². The van der Waals surface area contributed by atoms with Crippen molar-refractivity contribution >= 4 is 0 Å². The molecule has 1 nitrogen and oxygen atoms in total. The molecule has 0 saturated heterocycles. The smallest absolute Gasteiger partial charge is 0.104 e. The first kappa shape index (κ1) is 100. The maximum atomic E-state index is 12.1. The number of allylic oxidation sites excluding steroid dienone is 2. The fourth-order valence-electron chi connectivity index (χ4n) is 34.2. The normalized spacial score (nSPS) is 18.7. The fraction of sp³-hybridized carbons (Fsp3) is 0.362. The van der Waals surface area contributed by atoms with E-state index in [2.05, 4.69) is 643 Å². The molecule has 716 valence electrons. The van der Waals surface area contributed by atoms with Crippen LogP contribution in [0.25, 0.3) is 0 Å². The Labute approximate surface area is 839 Å². The van der Waals surface area contributed by atoms with Crippen LogP contribution >= 0.6 is 0 Å². The van der Waals surface area contributed by atoms with Gasteiger partial charge in [0.2, 0.25) is 0 Å². The topological polar surface area (TPSA) is 9.23 Å². The van der Waals surface area contributed by atoms with Gasteiger partial charge in [0.15, 0.2) is 0 Å². The molecule has 16 rings (SSSR count). The Balaban J connectivity index is 1.41. The van der Waals surface area contributed by atoms with Crippen LogP contribution in [0.15, 0.2) is 449 Å². The van der Waals surface area contributed by atoms with Gasteiger partial charge < -0.3 is 4.74 Å². The summed E-state index contributed by atoms with van der Waals surface area (Å²) in [5.41, 5.74) is -9.80. The molecule has 0 aliphatic heterocycles. The third-order valence-corrected chi connectivity index (χ3v) is 39.1. The van der Waals surface area contributed by atoms with E-state index in [1.54, 1.807) is 0 Å². The van der Waals surface area contributed by atoms with Gasteiger partial charge >= 0.3 is 0 Å². The summed E-state index contributed by atoms with van der Waals surface area (Å²) in [6.45, 7) is 76.4. The minimum Gasteiger partial charge on any atom is -0.357 e. The van der Waals surface area contributed by atoms with Crippen LogP contribution in [0.2, 0.25) is 0 Å². The van der Waals surface area contributed by atoms with E-state index in [1.165, 1.54) is 66.8 Å². The van der Waals surface area contributed by atoms with Crippen LogP contribution in [0.3, 0.4) is 0 Å². The maximum Gasteiger partial charge on any atom is 0.104 e. The molecule has 1 heteroatoms. The second-order valence-electron chi connectivity index (χ2n) is 48.7. The molecule has 2 atom stereocenters. The van der Waals surface area contributed by atoms with E-state index in [0.717, 1.165) is 11.1 Å². The van der Waals surface area contributed by atoms with E-state index in [-0.39, 0.29) is 0 Å². The summed E-state index contributed by atoms with van der Waals surface area (Å²) in [5, 5.41) is 0. The second kappa shape index (κ2) is 35.3. The van der Waals surface area contributed by atoms with Crippen molar-refractivity contribution in [1.29, 1.82) is 0 Å². The van der Waals surface area contributed by atoms with Crippen molar-refractivity contribution in [2.45, 2.75) is 281 Å². The summed E-state index contributed by atoms with van der Waals surface area (Å²) in [6.07, 6.45) is 11.8. The zero-order valence-electron chi connectivity index (χ0n) is 89.1. The molecular formula is C138H158O. The van der Waals surface area contributed by atoms with Crippen LogP contribution in [-0.4, -0.2) is 11.2 Å². The van der Waals surface area contributed by atoms with E-state index < -0.39 is 120 Å². The molecule has 0 fully saturated rings. The molecule has 14 aromatic rings. The standard InChI is InChI=1S/C138H158O/c1-117(2,103-71-43-29-44-72-103)131(118(3,4)104-73-45-30-46-74-104)99-101-133(121(9,10)107-79-51-33-52-80-107,137(127(21,22)113-91-63-39-64-92-113,128(23,24)114-93-65-40-66-94-114)135(131,123(13,14)109-83-55-35-56-84-109)124(15,16)110-85-57-36-58-86-110)139-134(122(11,12)108-81-53-34-54-82-108)102-100-132(119(5,6)105-75-47-31-48-76-105,120(7,8)106-77-49-32-50-78-106)136(125(17,18)111-87-59-37-60-88-111,126(19,20)112-89-61-38-62-90-112)138(134,129(25,26)115-95-67-41-68-96-115)130(27,28)116-97-69-42-70-98-116/h29-102H,1-28H3. The highest BCUT2D eigenvalue weighted by Gasteiger charge is 2.96. The van der Waals surface area contributed by atoms with Gasteiger partial charge in [0.1, 0.15) is 11.2 Å². The van der Waals surface area contributed by atoms with Crippen molar-refractivity contribution in [3.63, 3.8) is 0 Å². The molecule has 0 spiro atoms. The monoisotopic (exact) mass is 1830 g/mol. The van der Waals surface area contributed by atoms with Crippen LogP contribution in [0.4, 0.5) is 0 Å². The van der Waals surface area contributed by atoms with E-state index in [1.807, 2.05) is 0 Å². The van der Waals surface area contributed by atoms with E-state index >= 15 is 0 Å². The zero-order chi connectivity index (χ0) is 100. The van der Waals surface area contributed by atoms with Gasteiger partial charge in [-0.15, -0.1) is 0 Å². The average molecular weight is 1830 g/mol. The van der Waals surface area contributed by atoms with Gasteiger partial charge in [0.25, 0.3) is 0 Å². The lowest BCUT2D eigenvalue weighted by Gasteiger charge is -2.90. The quantitative estimate of drug-likeness (QED) is 0.0408. The molecule has 14 aromatic carbocycles. The Morgan fingerprint density at radius 2 is 0.216 bits per heavy atom. The van der Waals surface area contributed by atoms with Crippen molar-refractivity contribution in [3.05, 3.63) is 527 Å². The minimum absolute atomic E-state index is 0.906. The van der Waals surface area contributed by atoms with Crippen molar-refractivity contribution in [1.82, 2.24) is 0 Å². The molecule has 0 saturated carbocycles. The van der Waals surface area contributed by atoms with Gasteiger partial charge in [-0.25, -0.2) is 0 Å². The lowest BCUT2D eigenvalue weighted by molar-refractivity contribution is -0.404. The summed E-state index contributed by atoms with van der Waals surface area (Å²) < 4.78 is 12.1. The second-order valence-corrected chi connectivity index (χ2v) is 48.7. The van der Waals surface area contributed by atoms with Crippen LogP contribution < -0.4 is 0 Å². The Morgan fingerprint density at radius 1 is 0.115 bits per heavy atom. The lowest BCUT2D eigenvalue weighted by atomic mass is 9.14. The van der Waals surface area contributed by atoms with Gasteiger partial charge in [-0.3, -0.25) is 0 Å². The highest BCUT2D eigenvalue weighted by molar-refractivity contribution is 5.66. The molecule has 139 heavy (non-hydrogen) atoms. The molecule has 0 heterocycles. The molecule has 0 amide bonds. The highest BCUT2D eigenvalue weighted by Crippen LogP contribution is 2.94. The Morgan fingerprint density at radius 3 is 0.338 bits per heavy atom. The van der Waals surface area contributed by atoms with Crippen molar-refractivity contribution in [2.75, 3.05) is 0 Å². The van der Waals surface area contributed by atoms with Gasteiger partial charge in [0, 0.05) is 65.0 Å². The molecule has 2 aliphatic carbocycles. The first-order valence-electron chi connectivity index (χ1n) is 51.5. The predicted octanol–water partition coefficient (Wildman–Crippen LogP) is 35.2. The largest absolute Gasteiger partial charge is 0.357 e. The first-order chi connectivity index (χ1) is 65.6. The molecule has 0 radical (unpaired) electrons. The Bertz CT molecular complexity index is 5840. The van der Waals surface area contributed by atoms with Crippen LogP contribution in [0, 0.1) is 32.5 Å². The number of ether oxygens (including phenoxy) is 1. The molecule has 0 N–H and O–H groups in total. The minimum atomic E-state index is -1.79. The number of rotatable bonds is 30.